The van der Waals surface area contributed by atoms with Crippen molar-refractivity contribution in [1.29, 1.82) is 0 Å². The fourth-order valence-corrected chi connectivity index (χ4v) is 6.24. The maximum Gasteiger partial charge on any atom is 0.264 e. The van der Waals surface area contributed by atoms with Crippen molar-refractivity contribution in [1.82, 2.24) is 10.2 Å². The lowest BCUT2D eigenvalue weighted by Gasteiger charge is -2.32. The van der Waals surface area contributed by atoms with Gasteiger partial charge in [0.25, 0.3) is 10.0 Å². The number of aryl methyl sites for hydroxylation is 1. The van der Waals surface area contributed by atoms with Crippen molar-refractivity contribution in [2.45, 2.75) is 63.1 Å². The van der Waals surface area contributed by atoms with Crippen molar-refractivity contribution in [3.63, 3.8) is 0 Å². The summed E-state index contributed by atoms with van der Waals surface area (Å²) in [6.45, 7) is 3.16. The molecule has 0 bridgehead atoms. The first kappa shape index (κ1) is 28.3. The molecule has 206 valence electrons. The van der Waals surface area contributed by atoms with Gasteiger partial charge in [0.05, 0.1) is 10.6 Å². The molecule has 1 atom stereocenters. The number of carbonyl (C=O) groups excluding carboxylic acids is 2. The topological polar surface area (TPSA) is 86.8 Å². The Bertz CT molecular complexity index is 1390. The van der Waals surface area contributed by atoms with Crippen LogP contribution in [0.4, 0.5) is 10.1 Å². The fraction of sp³-hybridized carbons (Fsp3) is 0.333. The highest BCUT2D eigenvalue weighted by molar-refractivity contribution is 7.92. The molecule has 0 saturated heterocycles. The number of carbonyl (C=O) groups is 2. The van der Waals surface area contributed by atoms with Crippen LogP contribution in [-0.4, -0.2) is 43.8 Å². The lowest BCUT2D eigenvalue weighted by Crippen LogP contribution is -2.52. The standard InChI is InChI=1S/C30H34FN3O4S/c1-22-10-6-7-11-24(22)20-33(23(2)30(36)32-26-12-8-9-13-26)29(35)21-34(27-18-16-25(31)17-19-27)39(37,38)28-14-4-3-5-15-28/h3-7,10-11,14-19,23,26H,8-9,12-13,20-21H2,1-2H3,(H,32,36)/t23-/m1/s1. The molecule has 1 saturated carbocycles. The molecule has 3 aromatic rings. The number of hydrogen-bond donors (Lipinski definition) is 1. The average molecular weight is 552 g/mol. The van der Waals surface area contributed by atoms with Crippen LogP contribution in [0.25, 0.3) is 0 Å². The zero-order valence-electron chi connectivity index (χ0n) is 22.2. The highest BCUT2D eigenvalue weighted by atomic mass is 32.2. The van der Waals surface area contributed by atoms with E-state index in [0.717, 1.165) is 53.2 Å². The Morgan fingerprint density at radius 3 is 2.21 bits per heavy atom. The van der Waals surface area contributed by atoms with E-state index in [-0.39, 0.29) is 29.1 Å². The molecule has 4 rings (SSSR count). The lowest BCUT2D eigenvalue weighted by molar-refractivity contribution is -0.139. The van der Waals surface area contributed by atoms with Crippen LogP contribution in [0.2, 0.25) is 0 Å². The summed E-state index contributed by atoms with van der Waals surface area (Å²) in [7, 11) is -4.18. The second-order valence-electron chi connectivity index (χ2n) is 9.92. The van der Waals surface area contributed by atoms with Crippen molar-refractivity contribution in [2.24, 2.45) is 0 Å². The molecule has 0 aromatic heterocycles. The van der Waals surface area contributed by atoms with Crippen molar-refractivity contribution < 1.29 is 22.4 Å². The van der Waals surface area contributed by atoms with Gasteiger partial charge in [-0.3, -0.25) is 13.9 Å². The monoisotopic (exact) mass is 551 g/mol. The van der Waals surface area contributed by atoms with Gasteiger partial charge in [-0.25, -0.2) is 12.8 Å². The molecule has 7 nitrogen and oxygen atoms in total. The molecule has 0 aliphatic heterocycles. The van der Waals surface area contributed by atoms with Crippen molar-refractivity contribution >= 4 is 27.5 Å². The highest BCUT2D eigenvalue weighted by Gasteiger charge is 2.33. The molecular weight excluding hydrogens is 517 g/mol. The molecule has 1 fully saturated rings. The number of hydrogen-bond acceptors (Lipinski definition) is 4. The molecule has 1 aliphatic carbocycles. The van der Waals surface area contributed by atoms with Gasteiger partial charge >= 0.3 is 0 Å². The van der Waals surface area contributed by atoms with E-state index in [2.05, 4.69) is 5.32 Å². The first-order chi connectivity index (χ1) is 18.7. The van der Waals surface area contributed by atoms with Crippen LogP contribution in [0.1, 0.15) is 43.7 Å². The molecule has 1 aliphatic rings. The SMILES string of the molecule is Cc1ccccc1CN(C(=O)CN(c1ccc(F)cc1)S(=O)(=O)c1ccccc1)[C@H](C)C(=O)NC1CCCC1. The van der Waals surface area contributed by atoms with Crippen molar-refractivity contribution in [3.8, 4) is 0 Å². The second kappa shape index (κ2) is 12.4. The predicted octanol–water partition coefficient (Wildman–Crippen LogP) is 4.81. The van der Waals surface area contributed by atoms with Gasteiger partial charge in [0.15, 0.2) is 0 Å². The Hall–Kier alpha value is -3.72. The van der Waals surface area contributed by atoms with Gasteiger partial charge in [-0.1, -0.05) is 55.3 Å². The Morgan fingerprint density at radius 2 is 1.56 bits per heavy atom. The Morgan fingerprint density at radius 1 is 0.949 bits per heavy atom. The van der Waals surface area contributed by atoms with Crippen molar-refractivity contribution in [3.05, 3.63) is 95.8 Å². The molecule has 0 radical (unpaired) electrons. The minimum absolute atomic E-state index is 0.000367. The minimum atomic E-state index is -4.18. The maximum absolute atomic E-state index is 13.9. The van der Waals surface area contributed by atoms with Gasteiger partial charge in [-0.15, -0.1) is 0 Å². The third kappa shape index (κ3) is 6.84. The van der Waals surface area contributed by atoms with E-state index >= 15 is 0 Å². The summed E-state index contributed by atoms with van der Waals surface area (Å²) in [5.74, 6) is -1.35. The van der Waals surface area contributed by atoms with E-state index in [9.17, 15) is 22.4 Å². The van der Waals surface area contributed by atoms with Crippen LogP contribution in [0, 0.1) is 12.7 Å². The average Bonchev–Trinajstić information content (AvgIpc) is 3.45. The van der Waals surface area contributed by atoms with E-state index in [4.69, 9.17) is 0 Å². The lowest BCUT2D eigenvalue weighted by atomic mass is 10.1. The quantitative estimate of drug-likeness (QED) is 0.392. The first-order valence-corrected chi connectivity index (χ1v) is 14.6. The molecule has 39 heavy (non-hydrogen) atoms. The number of amides is 2. The number of rotatable bonds is 10. The zero-order valence-corrected chi connectivity index (χ0v) is 23.0. The second-order valence-corrected chi connectivity index (χ2v) is 11.8. The van der Waals surface area contributed by atoms with E-state index in [1.807, 2.05) is 31.2 Å². The third-order valence-electron chi connectivity index (χ3n) is 7.20. The first-order valence-electron chi connectivity index (χ1n) is 13.1. The number of nitrogens with zero attached hydrogens (tertiary/aromatic N) is 2. The number of anilines is 1. The zero-order chi connectivity index (χ0) is 28.0. The van der Waals surface area contributed by atoms with E-state index in [0.29, 0.717) is 0 Å². The summed E-state index contributed by atoms with van der Waals surface area (Å²) in [5, 5.41) is 3.06. The number of nitrogens with one attached hydrogen (secondary N) is 1. The highest BCUT2D eigenvalue weighted by Crippen LogP contribution is 2.25. The van der Waals surface area contributed by atoms with Crippen LogP contribution in [0.15, 0.2) is 83.8 Å². The van der Waals surface area contributed by atoms with E-state index < -0.39 is 34.3 Å². The summed E-state index contributed by atoms with van der Waals surface area (Å²) in [5.41, 5.74) is 1.95. The van der Waals surface area contributed by atoms with E-state index in [1.165, 1.54) is 29.2 Å². The van der Waals surface area contributed by atoms with Gasteiger partial charge < -0.3 is 10.2 Å². The number of sulfonamides is 1. The summed E-state index contributed by atoms with van der Waals surface area (Å²) >= 11 is 0. The van der Waals surface area contributed by atoms with Crippen LogP contribution >= 0.6 is 0 Å². The Balaban J connectivity index is 1.68. The Kier molecular flexibility index (Phi) is 9.01. The minimum Gasteiger partial charge on any atom is -0.352 e. The summed E-state index contributed by atoms with van der Waals surface area (Å²) in [4.78, 5) is 28.6. The molecule has 0 spiro atoms. The largest absolute Gasteiger partial charge is 0.352 e. The van der Waals surface area contributed by atoms with Gasteiger partial charge in [-0.05, 0) is 74.2 Å². The number of benzene rings is 3. The molecule has 0 unspecified atom stereocenters. The molecular formula is C30H34FN3O4S. The van der Waals surface area contributed by atoms with Crippen molar-refractivity contribution in [2.75, 3.05) is 10.8 Å². The van der Waals surface area contributed by atoms with Gasteiger partial charge in [-0.2, -0.15) is 0 Å². The molecule has 3 aromatic carbocycles. The van der Waals surface area contributed by atoms with Gasteiger partial charge in [0, 0.05) is 12.6 Å². The van der Waals surface area contributed by atoms with Gasteiger partial charge in [0.2, 0.25) is 11.8 Å². The van der Waals surface area contributed by atoms with E-state index in [1.54, 1.807) is 25.1 Å². The normalized spacial score (nSPS) is 14.5. The van der Waals surface area contributed by atoms with Crippen LogP contribution in [0.5, 0.6) is 0 Å². The third-order valence-corrected chi connectivity index (χ3v) is 8.98. The summed E-state index contributed by atoms with van der Waals surface area (Å²) in [6, 6.07) is 19.5. The fourth-order valence-electron chi connectivity index (χ4n) is 4.80. The van der Waals surface area contributed by atoms with Crippen LogP contribution < -0.4 is 9.62 Å². The number of halogens is 1. The maximum atomic E-state index is 13.9. The molecule has 2 amide bonds. The van der Waals surface area contributed by atoms with Crippen LogP contribution in [0.3, 0.4) is 0 Å². The summed E-state index contributed by atoms with van der Waals surface area (Å²) in [6.07, 6.45) is 3.90. The molecule has 9 heteroatoms. The summed E-state index contributed by atoms with van der Waals surface area (Å²) < 4.78 is 42.1. The predicted molar refractivity (Wildman–Crippen MR) is 149 cm³/mol. The van der Waals surface area contributed by atoms with Gasteiger partial charge in [0.1, 0.15) is 18.4 Å². The smallest absolute Gasteiger partial charge is 0.264 e. The molecule has 1 N–H and O–H groups in total. The Labute approximate surface area is 229 Å². The van der Waals surface area contributed by atoms with Crippen LogP contribution in [-0.2, 0) is 26.2 Å². The molecule has 0 heterocycles.